The van der Waals surface area contributed by atoms with E-state index in [-0.39, 0.29) is 12.3 Å². The maximum atomic E-state index is 12.2. The number of oxazole rings is 1. The van der Waals surface area contributed by atoms with Crippen molar-refractivity contribution in [3.05, 3.63) is 66.1 Å². The molecule has 0 fully saturated rings. The number of amides is 1. The molecule has 0 aliphatic rings. The number of carbonyl (C=O) groups is 1. The summed E-state index contributed by atoms with van der Waals surface area (Å²) >= 11 is 0. The normalized spacial score (nSPS) is 10.4. The highest BCUT2D eigenvalue weighted by atomic mass is 16.5. The Hall–Kier alpha value is -3.28. The Bertz CT molecular complexity index is 875. The molecule has 0 atom stereocenters. The lowest BCUT2D eigenvalue weighted by Crippen LogP contribution is -2.24. The summed E-state index contributed by atoms with van der Waals surface area (Å²) in [4.78, 5) is 16.5. The molecule has 1 amide bonds. The molecule has 3 rings (SSSR count). The second kappa shape index (κ2) is 8.20. The Morgan fingerprint density at radius 1 is 1.08 bits per heavy atom. The van der Waals surface area contributed by atoms with E-state index in [4.69, 9.17) is 13.9 Å². The monoisotopic (exact) mass is 352 g/mol. The van der Waals surface area contributed by atoms with E-state index in [0.717, 1.165) is 11.1 Å². The minimum atomic E-state index is -0.132. The number of aromatic nitrogens is 1. The molecule has 0 radical (unpaired) electrons. The summed E-state index contributed by atoms with van der Waals surface area (Å²) in [5.41, 5.74) is 2.39. The topological polar surface area (TPSA) is 73.6 Å². The van der Waals surface area contributed by atoms with Crippen molar-refractivity contribution in [2.75, 3.05) is 14.2 Å². The van der Waals surface area contributed by atoms with Gasteiger partial charge in [0.15, 0.2) is 11.5 Å². The standard InChI is InChI=1S/C20H20N2O4/c1-24-17-9-8-14(10-18(17)25-2)12-21-19(23)11-16-13-26-20(22-16)15-6-4-3-5-7-15/h3-10,13H,11-12H2,1-2H3,(H,21,23). The number of nitrogens with one attached hydrogen (secondary N) is 1. The van der Waals surface area contributed by atoms with E-state index < -0.39 is 0 Å². The third kappa shape index (κ3) is 4.22. The lowest BCUT2D eigenvalue weighted by molar-refractivity contribution is -0.120. The van der Waals surface area contributed by atoms with Crippen molar-refractivity contribution in [3.63, 3.8) is 0 Å². The smallest absolute Gasteiger partial charge is 0.226 e. The molecule has 0 spiro atoms. The quantitative estimate of drug-likeness (QED) is 0.707. The maximum absolute atomic E-state index is 12.2. The van der Waals surface area contributed by atoms with Gasteiger partial charge in [-0.1, -0.05) is 24.3 Å². The molecule has 134 valence electrons. The van der Waals surface area contributed by atoms with Crippen LogP contribution < -0.4 is 14.8 Å². The molecular formula is C20H20N2O4. The van der Waals surface area contributed by atoms with Crippen molar-refractivity contribution in [1.82, 2.24) is 10.3 Å². The summed E-state index contributed by atoms with van der Waals surface area (Å²) < 4.78 is 15.9. The molecule has 3 aromatic rings. The second-order valence-corrected chi connectivity index (χ2v) is 5.65. The van der Waals surface area contributed by atoms with Gasteiger partial charge in [-0.15, -0.1) is 0 Å². The van der Waals surface area contributed by atoms with Crippen molar-refractivity contribution < 1.29 is 18.7 Å². The van der Waals surface area contributed by atoms with Crippen molar-refractivity contribution >= 4 is 5.91 Å². The van der Waals surface area contributed by atoms with Crippen LogP contribution in [-0.4, -0.2) is 25.1 Å². The zero-order chi connectivity index (χ0) is 18.4. The molecule has 2 aromatic carbocycles. The van der Waals surface area contributed by atoms with Gasteiger partial charge in [-0.05, 0) is 29.8 Å². The number of ether oxygens (including phenoxy) is 2. The number of hydrogen-bond donors (Lipinski definition) is 1. The average molecular weight is 352 g/mol. The first kappa shape index (κ1) is 17.5. The molecule has 6 nitrogen and oxygen atoms in total. The SMILES string of the molecule is COc1ccc(CNC(=O)Cc2coc(-c3ccccc3)n2)cc1OC. The molecule has 1 aromatic heterocycles. The number of rotatable bonds is 7. The van der Waals surface area contributed by atoms with Crippen LogP contribution in [0.25, 0.3) is 11.5 Å². The fraction of sp³-hybridized carbons (Fsp3) is 0.200. The Labute approximate surface area is 151 Å². The second-order valence-electron chi connectivity index (χ2n) is 5.65. The van der Waals surface area contributed by atoms with Crippen molar-refractivity contribution in [3.8, 4) is 23.0 Å². The largest absolute Gasteiger partial charge is 0.493 e. The van der Waals surface area contributed by atoms with Gasteiger partial charge in [0, 0.05) is 12.1 Å². The molecular weight excluding hydrogens is 332 g/mol. The van der Waals surface area contributed by atoms with E-state index in [2.05, 4.69) is 10.3 Å². The van der Waals surface area contributed by atoms with Crippen LogP contribution in [0.4, 0.5) is 0 Å². The summed E-state index contributed by atoms with van der Waals surface area (Å²) in [6, 6.07) is 15.1. The lowest BCUT2D eigenvalue weighted by Gasteiger charge is -2.10. The van der Waals surface area contributed by atoms with Crippen molar-refractivity contribution in [1.29, 1.82) is 0 Å². The molecule has 0 saturated carbocycles. The predicted molar refractivity (Wildman–Crippen MR) is 97.0 cm³/mol. The highest BCUT2D eigenvalue weighted by Crippen LogP contribution is 2.27. The van der Waals surface area contributed by atoms with Gasteiger partial charge in [0.25, 0.3) is 0 Å². The van der Waals surface area contributed by atoms with Gasteiger partial charge in [0.2, 0.25) is 11.8 Å². The van der Waals surface area contributed by atoms with Gasteiger partial charge >= 0.3 is 0 Å². The average Bonchev–Trinajstić information content (AvgIpc) is 3.15. The van der Waals surface area contributed by atoms with E-state index >= 15 is 0 Å². The summed E-state index contributed by atoms with van der Waals surface area (Å²) in [5.74, 6) is 1.66. The van der Waals surface area contributed by atoms with Crippen LogP contribution in [-0.2, 0) is 17.8 Å². The van der Waals surface area contributed by atoms with Gasteiger partial charge in [0.05, 0.1) is 26.3 Å². The van der Waals surface area contributed by atoms with Gasteiger partial charge in [-0.3, -0.25) is 4.79 Å². The van der Waals surface area contributed by atoms with E-state index in [1.807, 2.05) is 48.5 Å². The number of carbonyl (C=O) groups excluding carboxylic acids is 1. The van der Waals surface area contributed by atoms with Crippen molar-refractivity contribution in [2.45, 2.75) is 13.0 Å². The van der Waals surface area contributed by atoms with E-state index in [1.165, 1.54) is 6.26 Å². The Balaban J connectivity index is 1.57. The Morgan fingerprint density at radius 2 is 1.85 bits per heavy atom. The highest BCUT2D eigenvalue weighted by molar-refractivity contribution is 5.78. The molecule has 0 bridgehead atoms. The molecule has 6 heteroatoms. The third-order valence-corrected chi connectivity index (χ3v) is 3.85. The summed E-state index contributed by atoms with van der Waals surface area (Å²) in [5, 5.41) is 2.87. The maximum Gasteiger partial charge on any atom is 0.226 e. The number of benzene rings is 2. The number of methoxy groups -OCH3 is 2. The lowest BCUT2D eigenvalue weighted by atomic mass is 10.2. The Morgan fingerprint density at radius 3 is 2.58 bits per heavy atom. The summed E-state index contributed by atoms with van der Waals surface area (Å²) in [7, 11) is 3.16. The van der Waals surface area contributed by atoms with Gasteiger partial charge in [-0.25, -0.2) is 4.98 Å². The van der Waals surface area contributed by atoms with Crippen LogP contribution in [0.15, 0.2) is 59.2 Å². The minimum Gasteiger partial charge on any atom is -0.493 e. The van der Waals surface area contributed by atoms with Crippen LogP contribution in [0.3, 0.4) is 0 Å². The molecule has 0 unspecified atom stereocenters. The summed E-state index contributed by atoms with van der Waals surface area (Å²) in [6.07, 6.45) is 1.67. The number of hydrogen-bond acceptors (Lipinski definition) is 5. The van der Waals surface area contributed by atoms with E-state index in [9.17, 15) is 4.79 Å². The van der Waals surface area contributed by atoms with Crippen LogP contribution in [0, 0.1) is 0 Å². The van der Waals surface area contributed by atoms with Crippen LogP contribution >= 0.6 is 0 Å². The van der Waals surface area contributed by atoms with Gasteiger partial charge in [-0.2, -0.15) is 0 Å². The van der Waals surface area contributed by atoms with E-state index in [1.54, 1.807) is 14.2 Å². The first-order valence-corrected chi connectivity index (χ1v) is 8.17. The third-order valence-electron chi connectivity index (χ3n) is 3.85. The van der Waals surface area contributed by atoms with Gasteiger partial charge < -0.3 is 19.2 Å². The van der Waals surface area contributed by atoms with Crippen LogP contribution in [0.2, 0.25) is 0 Å². The van der Waals surface area contributed by atoms with Crippen molar-refractivity contribution in [2.24, 2.45) is 0 Å². The predicted octanol–water partition coefficient (Wildman–Crippen LogP) is 3.22. The first-order chi connectivity index (χ1) is 12.7. The fourth-order valence-corrected chi connectivity index (χ4v) is 2.52. The highest BCUT2D eigenvalue weighted by Gasteiger charge is 2.11. The molecule has 0 aliphatic carbocycles. The minimum absolute atomic E-state index is 0.132. The molecule has 0 aliphatic heterocycles. The zero-order valence-corrected chi connectivity index (χ0v) is 14.7. The summed E-state index contributed by atoms with van der Waals surface area (Å²) in [6.45, 7) is 0.391. The Kier molecular flexibility index (Phi) is 5.53. The van der Waals surface area contributed by atoms with Crippen LogP contribution in [0.5, 0.6) is 11.5 Å². The van der Waals surface area contributed by atoms with Gasteiger partial charge in [0.1, 0.15) is 6.26 Å². The molecule has 1 heterocycles. The fourth-order valence-electron chi connectivity index (χ4n) is 2.52. The first-order valence-electron chi connectivity index (χ1n) is 8.17. The van der Waals surface area contributed by atoms with Crippen LogP contribution in [0.1, 0.15) is 11.3 Å². The zero-order valence-electron chi connectivity index (χ0n) is 14.7. The molecule has 26 heavy (non-hydrogen) atoms. The number of nitrogens with zero attached hydrogens (tertiary/aromatic N) is 1. The molecule has 0 saturated heterocycles. The van der Waals surface area contributed by atoms with E-state index in [0.29, 0.717) is 29.6 Å². The molecule has 1 N–H and O–H groups in total.